The summed E-state index contributed by atoms with van der Waals surface area (Å²) in [5.74, 6) is 0.778. The zero-order chi connectivity index (χ0) is 19.1. The van der Waals surface area contributed by atoms with Crippen LogP contribution in [0.2, 0.25) is 0 Å². The van der Waals surface area contributed by atoms with Gasteiger partial charge in [0.25, 0.3) is 5.89 Å². The molecule has 2 aromatic heterocycles. The van der Waals surface area contributed by atoms with Crippen molar-refractivity contribution in [3.63, 3.8) is 0 Å². The largest absolute Gasteiger partial charge is 0.420 e. The van der Waals surface area contributed by atoms with Crippen molar-refractivity contribution in [1.82, 2.24) is 15.5 Å². The SMILES string of the molecule is CC(=O)c1ccc(-c2nnc(CCC(=O)NCCCc3ccccc3)o2)s1. The molecule has 6 nitrogen and oxygen atoms in total. The zero-order valence-electron chi connectivity index (χ0n) is 15.1. The van der Waals surface area contributed by atoms with Crippen LogP contribution in [-0.4, -0.2) is 28.4 Å². The normalized spacial score (nSPS) is 10.7. The maximum atomic E-state index is 11.9. The maximum absolute atomic E-state index is 11.9. The summed E-state index contributed by atoms with van der Waals surface area (Å²) >= 11 is 1.32. The van der Waals surface area contributed by atoms with Gasteiger partial charge in [-0.3, -0.25) is 9.59 Å². The van der Waals surface area contributed by atoms with Gasteiger partial charge in [0, 0.05) is 19.4 Å². The predicted molar refractivity (Wildman–Crippen MR) is 104 cm³/mol. The number of thiophene rings is 1. The van der Waals surface area contributed by atoms with Gasteiger partial charge < -0.3 is 9.73 Å². The first-order valence-corrected chi connectivity index (χ1v) is 9.67. The van der Waals surface area contributed by atoms with E-state index in [1.165, 1.54) is 23.8 Å². The fourth-order valence-electron chi connectivity index (χ4n) is 2.57. The Morgan fingerprint density at radius 1 is 1.07 bits per heavy atom. The van der Waals surface area contributed by atoms with E-state index in [1.807, 2.05) is 18.2 Å². The molecule has 0 radical (unpaired) electrons. The van der Waals surface area contributed by atoms with E-state index in [0.29, 0.717) is 36.0 Å². The molecule has 3 aromatic rings. The van der Waals surface area contributed by atoms with Gasteiger partial charge in [0.1, 0.15) is 0 Å². The van der Waals surface area contributed by atoms with E-state index < -0.39 is 0 Å². The minimum absolute atomic E-state index is 0.00919. The number of Topliss-reactive ketones (excluding diaryl/α,β-unsaturated/α-hetero) is 1. The third-order valence-electron chi connectivity index (χ3n) is 4.00. The lowest BCUT2D eigenvalue weighted by molar-refractivity contribution is -0.121. The van der Waals surface area contributed by atoms with Crippen LogP contribution in [0.5, 0.6) is 0 Å². The van der Waals surface area contributed by atoms with E-state index >= 15 is 0 Å². The summed E-state index contributed by atoms with van der Waals surface area (Å²) in [6.07, 6.45) is 2.53. The average Bonchev–Trinajstić information content (AvgIpc) is 3.33. The lowest BCUT2D eigenvalue weighted by Gasteiger charge is -2.04. The Labute approximate surface area is 161 Å². The number of ketones is 1. The highest BCUT2D eigenvalue weighted by Gasteiger charge is 2.13. The first-order valence-electron chi connectivity index (χ1n) is 8.86. The van der Waals surface area contributed by atoms with Crippen molar-refractivity contribution in [2.24, 2.45) is 0 Å². The number of carbonyl (C=O) groups excluding carboxylic acids is 2. The van der Waals surface area contributed by atoms with Crippen LogP contribution in [-0.2, 0) is 17.6 Å². The highest BCUT2D eigenvalue weighted by atomic mass is 32.1. The number of aromatic nitrogens is 2. The molecule has 0 saturated heterocycles. The molecule has 0 unspecified atom stereocenters. The van der Waals surface area contributed by atoms with Crippen molar-refractivity contribution in [1.29, 1.82) is 0 Å². The molecule has 0 fully saturated rings. The molecule has 1 amide bonds. The fraction of sp³-hybridized carbons (Fsp3) is 0.300. The molecular weight excluding hydrogens is 362 g/mol. The van der Waals surface area contributed by atoms with Gasteiger partial charge in [-0.05, 0) is 37.5 Å². The summed E-state index contributed by atoms with van der Waals surface area (Å²) < 4.78 is 5.59. The van der Waals surface area contributed by atoms with Gasteiger partial charge in [-0.1, -0.05) is 30.3 Å². The molecule has 1 aromatic carbocycles. The van der Waals surface area contributed by atoms with Gasteiger partial charge in [0.15, 0.2) is 5.78 Å². The molecule has 0 spiro atoms. The van der Waals surface area contributed by atoms with Crippen LogP contribution in [0.4, 0.5) is 0 Å². The van der Waals surface area contributed by atoms with Crippen LogP contribution in [0.15, 0.2) is 46.9 Å². The maximum Gasteiger partial charge on any atom is 0.257 e. The van der Waals surface area contributed by atoms with Crippen molar-refractivity contribution in [2.45, 2.75) is 32.6 Å². The van der Waals surface area contributed by atoms with Gasteiger partial charge >= 0.3 is 0 Å². The summed E-state index contributed by atoms with van der Waals surface area (Å²) in [4.78, 5) is 24.7. The molecule has 2 heterocycles. The van der Waals surface area contributed by atoms with E-state index in [4.69, 9.17) is 4.42 Å². The first kappa shape index (κ1) is 19.0. The average molecular weight is 383 g/mol. The van der Waals surface area contributed by atoms with Crippen LogP contribution >= 0.6 is 11.3 Å². The van der Waals surface area contributed by atoms with E-state index in [2.05, 4.69) is 27.6 Å². The quantitative estimate of drug-likeness (QED) is 0.450. The third-order valence-corrected chi connectivity index (χ3v) is 5.18. The van der Waals surface area contributed by atoms with Crippen LogP contribution in [0.25, 0.3) is 10.8 Å². The minimum atomic E-state index is -0.0298. The number of hydrogen-bond donors (Lipinski definition) is 1. The van der Waals surface area contributed by atoms with Gasteiger partial charge in [-0.2, -0.15) is 0 Å². The van der Waals surface area contributed by atoms with E-state index in [0.717, 1.165) is 17.7 Å². The fourth-order valence-corrected chi connectivity index (χ4v) is 3.39. The minimum Gasteiger partial charge on any atom is -0.420 e. The van der Waals surface area contributed by atoms with Crippen molar-refractivity contribution in [2.75, 3.05) is 6.54 Å². The molecule has 0 bridgehead atoms. The van der Waals surface area contributed by atoms with Crippen LogP contribution in [0, 0.1) is 0 Å². The topological polar surface area (TPSA) is 85.1 Å². The monoisotopic (exact) mass is 383 g/mol. The first-order chi connectivity index (χ1) is 13.1. The van der Waals surface area contributed by atoms with Crippen LogP contribution in [0.3, 0.4) is 0 Å². The lowest BCUT2D eigenvalue weighted by atomic mass is 10.1. The molecule has 7 heteroatoms. The molecule has 0 aliphatic carbocycles. The molecule has 0 aliphatic heterocycles. The Bertz CT molecular complexity index is 902. The molecule has 27 heavy (non-hydrogen) atoms. The summed E-state index contributed by atoms with van der Waals surface area (Å²) in [6.45, 7) is 2.17. The zero-order valence-corrected chi connectivity index (χ0v) is 15.9. The van der Waals surface area contributed by atoms with Crippen molar-refractivity contribution < 1.29 is 14.0 Å². The second-order valence-electron chi connectivity index (χ2n) is 6.16. The van der Waals surface area contributed by atoms with Gasteiger partial charge in [-0.15, -0.1) is 21.5 Å². The van der Waals surface area contributed by atoms with Gasteiger partial charge in [0.05, 0.1) is 9.75 Å². The molecular formula is C20H21N3O3S. The number of rotatable bonds is 9. The highest BCUT2D eigenvalue weighted by molar-refractivity contribution is 7.17. The summed E-state index contributed by atoms with van der Waals surface area (Å²) in [5, 5.41) is 10.9. The number of carbonyl (C=O) groups is 2. The number of hydrogen-bond acceptors (Lipinski definition) is 6. The molecule has 3 rings (SSSR count). The Hall–Kier alpha value is -2.80. The second-order valence-corrected chi connectivity index (χ2v) is 7.24. The lowest BCUT2D eigenvalue weighted by Crippen LogP contribution is -2.25. The molecule has 0 saturated carbocycles. The number of benzene rings is 1. The van der Waals surface area contributed by atoms with E-state index in [1.54, 1.807) is 12.1 Å². The van der Waals surface area contributed by atoms with Crippen molar-refractivity contribution in [3.05, 3.63) is 58.8 Å². The van der Waals surface area contributed by atoms with Gasteiger partial charge in [0.2, 0.25) is 11.8 Å². The second kappa shape index (κ2) is 9.23. The smallest absolute Gasteiger partial charge is 0.257 e. The Kier molecular flexibility index (Phi) is 6.49. The number of amides is 1. The Morgan fingerprint density at radius 2 is 1.89 bits per heavy atom. The van der Waals surface area contributed by atoms with E-state index in [9.17, 15) is 9.59 Å². The molecule has 140 valence electrons. The molecule has 0 atom stereocenters. The van der Waals surface area contributed by atoms with Gasteiger partial charge in [-0.25, -0.2) is 0 Å². The summed E-state index contributed by atoms with van der Waals surface area (Å²) in [7, 11) is 0. The van der Waals surface area contributed by atoms with Crippen LogP contribution in [0.1, 0.15) is 40.9 Å². The van der Waals surface area contributed by atoms with Crippen molar-refractivity contribution in [3.8, 4) is 10.8 Å². The summed E-state index contributed by atoms with van der Waals surface area (Å²) in [6, 6.07) is 13.7. The number of nitrogens with zero attached hydrogens (tertiary/aromatic N) is 2. The Balaban J connectivity index is 1.40. The molecule has 1 N–H and O–H groups in total. The van der Waals surface area contributed by atoms with Crippen molar-refractivity contribution >= 4 is 23.0 Å². The van der Waals surface area contributed by atoms with Crippen LogP contribution < -0.4 is 5.32 Å². The summed E-state index contributed by atoms with van der Waals surface area (Å²) in [5.41, 5.74) is 1.27. The van der Waals surface area contributed by atoms with E-state index in [-0.39, 0.29) is 11.7 Å². The number of aryl methyl sites for hydroxylation is 2. The number of nitrogens with one attached hydrogen (secondary N) is 1. The molecule has 0 aliphatic rings. The third kappa shape index (κ3) is 5.59. The predicted octanol–water partition coefficient (Wildman–Crippen LogP) is 3.68. The standard InChI is InChI=1S/C20H21N3O3S/c1-14(24)16-9-10-17(27-16)20-23-22-19(26-20)12-11-18(25)21-13-5-8-15-6-3-2-4-7-15/h2-4,6-7,9-10H,5,8,11-13H2,1H3,(H,21,25). The Morgan fingerprint density at radius 3 is 2.63 bits per heavy atom. The highest BCUT2D eigenvalue weighted by Crippen LogP contribution is 2.27.